The van der Waals surface area contributed by atoms with Gasteiger partial charge in [0.15, 0.2) is 11.5 Å². The van der Waals surface area contributed by atoms with Crippen molar-refractivity contribution in [2.75, 3.05) is 13.2 Å². The number of hydrogen-bond acceptors (Lipinski definition) is 4. The molecule has 2 N–H and O–H groups in total. The van der Waals surface area contributed by atoms with Crippen LogP contribution in [0.3, 0.4) is 0 Å². The van der Waals surface area contributed by atoms with E-state index < -0.39 is 6.10 Å². The fourth-order valence-electron chi connectivity index (χ4n) is 3.01. The summed E-state index contributed by atoms with van der Waals surface area (Å²) in [5.41, 5.74) is 0. The molecule has 114 valence electrons. The summed E-state index contributed by atoms with van der Waals surface area (Å²) in [5.74, 6) is 1.69. The van der Waals surface area contributed by atoms with E-state index in [1.807, 2.05) is 24.3 Å². The van der Waals surface area contributed by atoms with Gasteiger partial charge in [0.05, 0.1) is 0 Å². The van der Waals surface area contributed by atoms with Crippen LogP contribution in [-0.4, -0.2) is 37.2 Å². The molecule has 2 aliphatic heterocycles. The third kappa shape index (κ3) is 2.97. The highest BCUT2D eigenvalue weighted by molar-refractivity contribution is 5.82. The van der Waals surface area contributed by atoms with Gasteiger partial charge in [-0.1, -0.05) is 19.1 Å². The van der Waals surface area contributed by atoms with Crippen LogP contribution in [0.15, 0.2) is 24.3 Å². The summed E-state index contributed by atoms with van der Waals surface area (Å²) in [6.45, 7) is 5.54. The van der Waals surface area contributed by atoms with Crippen LogP contribution in [0.1, 0.15) is 20.3 Å². The Morgan fingerprint density at radius 2 is 2.05 bits per heavy atom. The molecular weight excluding hydrogens is 268 g/mol. The molecule has 5 heteroatoms. The van der Waals surface area contributed by atoms with Gasteiger partial charge in [-0.3, -0.25) is 4.79 Å². The van der Waals surface area contributed by atoms with Gasteiger partial charge in [-0.05, 0) is 37.9 Å². The van der Waals surface area contributed by atoms with Crippen LogP contribution in [-0.2, 0) is 4.79 Å². The minimum absolute atomic E-state index is 0.100. The van der Waals surface area contributed by atoms with Crippen LogP contribution in [0.4, 0.5) is 0 Å². The average Bonchev–Trinajstić information content (AvgIpc) is 2.50. The van der Waals surface area contributed by atoms with Crippen molar-refractivity contribution in [1.82, 2.24) is 10.6 Å². The van der Waals surface area contributed by atoms with Crippen LogP contribution in [0.5, 0.6) is 11.5 Å². The number of benzene rings is 1. The average molecular weight is 290 g/mol. The molecule has 0 bridgehead atoms. The third-order valence-corrected chi connectivity index (χ3v) is 4.33. The van der Waals surface area contributed by atoms with Crippen molar-refractivity contribution < 1.29 is 14.3 Å². The highest BCUT2D eigenvalue weighted by Crippen LogP contribution is 2.31. The molecule has 0 aromatic heterocycles. The van der Waals surface area contributed by atoms with Gasteiger partial charge in [0, 0.05) is 12.1 Å². The number of fused-ring (bicyclic) bond motifs is 1. The molecule has 0 spiro atoms. The van der Waals surface area contributed by atoms with Gasteiger partial charge in [-0.15, -0.1) is 0 Å². The van der Waals surface area contributed by atoms with E-state index in [4.69, 9.17) is 9.47 Å². The van der Waals surface area contributed by atoms with Crippen LogP contribution in [0.2, 0.25) is 0 Å². The first-order valence-corrected chi connectivity index (χ1v) is 7.57. The molecule has 5 nitrogen and oxygen atoms in total. The SMILES string of the molecule is CC1CCNC(C)C1NC(=O)C1COc2ccccc2O1. The van der Waals surface area contributed by atoms with Crippen molar-refractivity contribution in [3.63, 3.8) is 0 Å². The largest absolute Gasteiger partial charge is 0.485 e. The Hall–Kier alpha value is -1.75. The maximum atomic E-state index is 12.4. The van der Waals surface area contributed by atoms with Crippen molar-refractivity contribution in [1.29, 1.82) is 0 Å². The Bertz CT molecular complexity index is 510. The number of nitrogens with one attached hydrogen (secondary N) is 2. The molecule has 0 radical (unpaired) electrons. The quantitative estimate of drug-likeness (QED) is 0.862. The Kier molecular flexibility index (Phi) is 4.01. The van der Waals surface area contributed by atoms with E-state index in [1.165, 1.54) is 0 Å². The Balaban J connectivity index is 1.64. The van der Waals surface area contributed by atoms with Gasteiger partial charge < -0.3 is 20.1 Å². The summed E-state index contributed by atoms with van der Waals surface area (Å²) in [7, 11) is 0. The van der Waals surface area contributed by atoms with Crippen LogP contribution >= 0.6 is 0 Å². The first-order valence-electron chi connectivity index (χ1n) is 7.57. The molecule has 0 aliphatic carbocycles. The predicted molar refractivity (Wildman–Crippen MR) is 79.5 cm³/mol. The fraction of sp³-hybridized carbons (Fsp3) is 0.562. The van der Waals surface area contributed by atoms with Crippen molar-refractivity contribution in [3.05, 3.63) is 24.3 Å². The van der Waals surface area contributed by atoms with E-state index >= 15 is 0 Å². The number of amides is 1. The van der Waals surface area contributed by atoms with E-state index in [1.54, 1.807) is 0 Å². The van der Waals surface area contributed by atoms with Gasteiger partial charge in [0.1, 0.15) is 6.61 Å². The standard InChI is InChI=1S/C16H22N2O3/c1-10-7-8-17-11(2)15(10)18-16(19)14-9-20-12-5-3-4-6-13(12)21-14/h3-6,10-11,14-15,17H,7-9H2,1-2H3,(H,18,19). The number of hydrogen-bond donors (Lipinski definition) is 2. The molecule has 1 fully saturated rings. The van der Waals surface area contributed by atoms with E-state index in [0.29, 0.717) is 17.4 Å². The first kappa shape index (κ1) is 14.2. The summed E-state index contributed by atoms with van der Waals surface area (Å²) in [4.78, 5) is 12.4. The van der Waals surface area contributed by atoms with Crippen molar-refractivity contribution >= 4 is 5.91 Å². The molecule has 2 heterocycles. The van der Waals surface area contributed by atoms with E-state index in [2.05, 4.69) is 24.5 Å². The summed E-state index contributed by atoms with van der Waals surface area (Å²) in [6, 6.07) is 7.83. The number of para-hydroxylation sites is 2. The first-order chi connectivity index (χ1) is 10.1. The molecule has 0 saturated carbocycles. The van der Waals surface area contributed by atoms with Gasteiger partial charge in [-0.25, -0.2) is 0 Å². The second-order valence-corrected chi connectivity index (χ2v) is 5.91. The lowest BCUT2D eigenvalue weighted by Gasteiger charge is -2.37. The van der Waals surface area contributed by atoms with E-state index in [-0.39, 0.29) is 24.6 Å². The highest BCUT2D eigenvalue weighted by Gasteiger charge is 2.33. The molecule has 1 amide bonds. The lowest BCUT2D eigenvalue weighted by molar-refractivity contribution is -0.131. The zero-order chi connectivity index (χ0) is 14.8. The maximum Gasteiger partial charge on any atom is 0.264 e. The van der Waals surface area contributed by atoms with Crippen molar-refractivity contribution in [2.45, 2.75) is 38.5 Å². The lowest BCUT2D eigenvalue weighted by atomic mass is 9.89. The molecule has 1 aromatic rings. The van der Waals surface area contributed by atoms with E-state index in [9.17, 15) is 4.79 Å². The summed E-state index contributed by atoms with van der Waals surface area (Å²) >= 11 is 0. The molecule has 1 aromatic carbocycles. The predicted octanol–water partition coefficient (Wildman–Crippen LogP) is 1.33. The number of ether oxygens (including phenoxy) is 2. The smallest absolute Gasteiger partial charge is 0.264 e. The van der Waals surface area contributed by atoms with Gasteiger partial charge in [0.25, 0.3) is 5.91 Å². The summed E-state index contributed by atoms with van der Waals surface area (Å²) < 4.78 is 11.3. The number of carbonyl (C=O) groups excluding carboxylic acids is 1. The molecule has 3 rings (SSSR count). The molecular formula is C16H22N2O3. The van der Waals surface area contributed by atoms with Gasteiger partial charge >= 0.3 is 0 Å². The topological polar surface area (TPSA) is 59.6 Å². The molecule has 21 heavy (non-hydrogen) atoms. The normalized spacial score (nSPS) is 31.5. The molecule has 4 unspecified atom stereocenters. The van der Waals surface area contributed by atoms with Crippen molar-refractivity contribution in [2.24, 2.45) is 5.92 Å². The number of piperidine rings is 1. The van der Waals surface area contributed by atoms with E-state index in [0.717, 1.165) is 13.0 Å². The summed E-state index contributed by atoms with van der Waals surface area (Å²) in [5, 5.41) is 6.51. The van der Waals surface area contributed by atoms with Gasteiger partial charge in [-0.2, -0.15) is 0 Å². The Morgan fingerprint density at radius 3 is 2.81 bits per heavy atom. The minimum atomic E-state index is -0.582. The minimum Gasteiger partial charge on any atom is -0.485 e. The molecule has 4 atom stereocenters. The highest BCUT2D eigenvalue weighted by atomic mass is 16.6. The number of carbonyl (C=O) groups is 1. The maximum absolute atomic E-state index is 12.4. The van der Waals surface area contributed by atoms with Crippen LogP contribution in [0.25, 0.3) is 0 Å². The zero-order valence-corrected chi connectivity index (χ0v) is 12.5. The van der Waals surface area contributed by atoms with Gasteiger partial charge in [0.2, 0.25) is 6.10 Å². The van der Waals surface area contributed by atoms with Crippen LogP contribution in [0, 0.1) is 5.92 Å². The fourth-order valence-corrected chi connectivity index (χ4v) is 3.01. The third-order valence-electron chi connectivity index (χ3n) is 4.33. The lowest BCUT2D eigenvalue weighted by Crippen LogP contribution is -2.58. The molecule has 2 aliphatic rings. The second-order valence-electron chi connectivity index (χ2n) is 5.91. The van der Waals surface area contributed by atoms with Crippen molar-refractivity contribution in [3.8, 4) is 11.5 Å². The van der Waals surface area contributed by atoms with Crippen LogP contribution < -0.4 is 20.1 Å². The summed E-state index contributed by atoms with van der Waals surface area (Å²) in [6.07, 6.45) is 0.487. The molecule has 1 saturated heterocycles. The monoisotopic (exact) mass is 290 g/mol. The second kappa shape index (κ2) is 5.93. The zero-order valence-electron chi connectivity index (χ0n) is 12.5. The number of rotatable bonds is 2. The Labute approximate surface area is 125 Å². The Morgan fingerprint density at radius 1 is 1.29 bits per heavy atom.